The van der Waals surface area contributed by atoms with Crippen LogP contribution in [0.1, 0.15) is 17.3 Å². The van der Waals surface area contributed by atoms with Crippen molar-refractivity contribution in [3.05, 3.63) is 48.2 Å². The molecule has 0 atom stereocenters. The van der Waals surface area contributed by atoms with Gasteiger partial charge in [0.1, 0.15) is 5.82 Å². The largest absolute Gasteiger partial charge is 0.370 e. The van der Waals surface area contributed by atoms with Crippen molar-refractivity contribution in [1.29, 1.82) is 0 Å². The Labute approximate surface area is 123 Å². The van der Waals surface area contributed by atoms with Gasteiger partial charge in [0, 0.05) is 28.9 Å². The fraction of sp³-hybridized carbons (Fsp3) is 0.200. The zero-order valence-corrected chi connectivity index (χ0v) is 12.3. The van der Waals surface area contributed by atoms with Crippen molar-refractivity contribution in [2.45, 2.75) is 11.8 Å². The summed E-state index contributed by atoms with van der Waals surface area (Å²) in [6.45, 7) is 2.76. The molecule has 1 heterocycles. The number of carbonyl (C=O) groups is 1. The summed E-state index contributed by atoms with van der Waals surface area (Å²) in [5.74, 6) is 0.571. The molecule has 1 amide bonds. The third-order valence-corrected chi connectivity index (χ3v) is 3.47. The number of anilines is 2. The molecule has 2 aromatic rings. The first-order chi connectivity index (χ1) is 9.72. The van der Waals surface area contributed by atoms with Crippen molar-refractivity contribution in [1.82, 2.24) is 4.98 Å². The molecule has 2 rings (SSSR count). The summed E-state index contributed by atoms with van der Waals surface area (Å²) in [6, 6.07) is 11.2. The molecule has 1 aromatic carbocycles. The molecule has 0 aliphatic rings. The van der Waals surface area contributed by atoms with E-state index in [2.05, 4.69) is 15.6 Å². The van der Waals surface area contributed by atoms with Crippen molar-refractivity contribution in [2.75, 3.05) is 23.4 Å². The van der Waals surface area contributed by atoms with Crippen LogP contribution in [-0.2, 0) is 0 Å². The van der Waals surface area contributed by atoms with E-state index in [1.54, 1.807) is 30.1 Å². The summed E-state index contributed by atoms with van der Waals surface area (Å²) in [5, 5.41) is 5.96. The molecule has 20 heavy (non-hydrogen) atoms. The van der Waals surface area contributed by atoms with E-state index in [1.165, 1.54) is 4.90 Å². The van der Waals surface area contributed by atoms with E-state index in [-0.39, 0.29) is 5.91 Å². The number of hydrogen-bond acceptors (Lipinski definition) is 4. The van der Waals surface area contributed by atoms with Crippen LogP contribution in [0.2, 0.25) is 0 Å². The molecule has 0 unspecified atom stereocenters. The van der Waals surface area contributed by atoms with Crippen molar-refractivity contribution in [3.8, 4) is 0 Å². The van der Waals surface area contributed by atoms with Gasteiger partial charge in [0.15, 0.2) is 0 Å². The quantitative estimate of drug-likeness (QED) is 0.827. The number of nitrogens with zero attached hydrogens (tertiary/aromatic N) is 1. The maximum atomic E-state index is 12.2. The minimum absolute atomic E-state index is 0.136. The van der Waals surface area contributed by atoms with Crippen molar-refractivity contribution < 1.29 is 4.79 Å². The van der Waals surface area contributed by atoms with Gasteiger partial charge >= 0.3 is 0 Å². The lowest BCUT2D eigenvalue weighted by Gasteiger charge is -2.07. The Hall–Kier alpha value is -2.01. The lowest BCUT2D eigenvalue weighted by molar-refractivity contribution is 0.102. The van der Waals surface area contributed by atoms with Crippen LogP contribution in [-0.4, -0.2) is 23.7 Å². The zero-order chi connectivity index (χ0) is 14.4. The van der Waals surface area contributed by atoms with E-state index in [0.29, 0.717) is 11.4 Å². The summed E-state index contributed by atoms with van der Waals surface area (Å²) in [4.78, 5) is 17.5. The standard InChI is InChI=1S/C15H17N3OS/c1-3-16-14-10-11(8-9-17-14)15(19)18-12-4-6-13(20-2)7-5-12/h4-10H,3H2,1-2H3,(H,16,17)(H,18,19). The van der Waals surface area contributed by atoms with Gasteiger partial charge in [0.05, 0.1) is 0 Å². The molecular formula is C15H17N3OS. The second-order valence-corrected chi connectivity index (χ2v) is 5.02. The molecule has 0 spiro atoms. The van der Waals surface area contributed by atoms with Gasteiger partial charge in [-0.3, -0.25) is 4.79 Å². The summed E-state index contributed by atoms with van der Waals surface area (Å²) < 4.78 is 0. The lowest BCUT2D eigenvalue weighted by atomic mass is 10.2. The summed E-state index contributed by atoms with van der Waals surface area (Å²) in [7, 11) is 0. The highest BCUT2D eigenvalue weighted by Crippen LogP contribution is 2.18. The molecule has 0 aliphatic heterocycles. The van der Waals surface area contributed by atoms with Crippen LogP contribution in [0.5, 0.6) is 0 Å². The minimum atomic E-state index is -0.136. The Morgan fingerprint density at radius 3 is 2.65 bits per heavy atom. The smallest absolute Gasteiger partial charge is 0.255 e. The third-order valence-electron chi connectivity index (χ3n) is 2.73. The number of aromatic nitrogens is 1. The Morgan fingerprint density at radius 1 is 1.25 bits per heavy atom. The minimum Gasteiger partial charge on any atom is -0.370 e. The van der Waals surface area contributed by atoms with E-state index in [4.69, 9.17) is 0 Å². The van der Waals surface area contributed by atoms with Crippen molar-refractivity contribution in [2.24, 2.45) is 0 Å². The van der Waals surface area contributed by atoms with Crippen LogP contribution in [0.25, 0.3) is 0 Å². The van der Waals surface area contributed by atoms with Crippen LogP contribution < -0.4 is 10.6 Å². The van der Waals surface area contributed by atoms with Gasteiger partial charge in [0.25, 0.3) is 5.91 Å². The molecule has 4 nitrogen and oxygen atoms in total. The van der Waals surface area contributed by atoms with Crippen LogP contribution in [0.3, 0.4) is 0 Å². The fourth-order valence-electron chi connectivity index (χ4n) is 1.73. The first kappa shape index (κ1) is 14.4. The first-order valence-electron chi connectivity index (χ1n) is 6.38. The molecule has 0 bridgehead atoms. The van der Waals surface area contributed by atoms with Crippen molar-refractivity contribution >= 4 is 29.2 Å². The third kappa shape index (κ3) is 3.74. The van der Waals surface area contributed by atoms with Gasteiger partial charge in [-0.1, -0.05) is 0 Å². The van der Waals surface area contributed by atoms with Crippen LogP contribution in [0.4, 0.5) is 11.5 Å². The Balaban J connectivity index is 2.08. The van der Waals surface area contributed by atoms with E-state index < -0.39 is 0 Å². The predicted octanol–water partition coefficient (Wildman–Crippen LogP) is 3.49. The number of thioether (sulfide) groups is 1. The van der Waals surface area contributed by atoms with E-state index in [9.17, 15) is 4.79 Å². The molecule has 5 heteroatoms. The summed E-state index contributed by atoms with van der Waals surface area (Å²) >= 11 is 1.67. The lowest BCUT2D eigenvalue weighted by Crippen LogP contribution is -2.12. The van der Waals surface area contributed by atoms with Gasteiger partial charge in [-0.05, 0) is 49.6 Å². The second-order valence-electron chi connectivity index (χ2n) is 4.14. The number of hydrogen-bond donors (Lipinski definition) is 2. The van der Waals surface area contributed by atoms with Gasteiger partial charge in [0.2, 0.25) is 0 Å². The maximum Gasteiger partial charge on any atom is 0.255 e. The highest BCUT2D eigenvalue weighted by atomic mass is 32.2. The number of nitrogens with one attached hydrogen (secondary N) is 2. The Morgan fingerprint density at radius 2 is 2.00 bits per heavy atom. The predicted molar refractivity (Wildman–Crippen MR) is 84.6 cm³/mol. The number of benzene rings is 1. The Bertz CT molecular complexity index is 584. The molecule has 2 N–H and O–H groups in total. The van der Waals surface area contributed by atoms with E-state index in [0.717, 1.165) is 12.2 Å². The number of rotatable bonds is 5. The fourth-order valence-corrected chi connectivity index (χ4v) is 2.14. The van der Waals surface area contributed by atoms with Crippen LogP contribution in [0.15, 0.2) is 47.5 Å². The topological polar surface area (TPSA) is 54.0 Å². The van der Waals surface area contributed by atoms with E-state index in [1.807, 2.05) is 37.4 Å². The van der Waals surface area contributed by atoms with Gasteiger partial charge in [-0.2, -0.15) is 0 Å². The number of pyridine rings is 1. The van der Waals surface area contributed by atoms with Gasteiger partial charge < -0.3 is 10.6 Å². The molecule has 104 valence electrons. The summed E-state index contributed by atoms with van der Waals surface area (Å²) in [5.41, 5.74) is 1.37. The molecule has 0 fully saturated rings. The molecule has 0 radical (unpaired) electrons. The SMILES string of the molecule is CCNc1cc(C(=O)Nc2ccc(SC)cc2)ccn1. The average Bonchev–Trinajstić information content (AvgIpc) is 2.48. The number of carbonyl (C=O) groups excluding carboxylic acids is 1. The summed E-state index contributed by atoms with van der Waals surface area (Å²) in [6.07, 6.45) is 3.65. The number of amides is 1. The molecule has 0 saturated carbocycles. The monoisotopic (exact) mass is 287 g/mol. The molecular weight excluding hydrogens is 270 g/mol. The molecule has 0 saturated heterocycles. The second kappa shape index (κ2) is 6.96. The normalized spacial score (nSPS) is 10.1. The molecule has 0 aliphatic carbocycles. The van der Waals surface area contributed by atoms with Gasteiger partial charge in [-0.15, -0.1) is 11.8 Å². The highest BCUT2D eigenvalue weighted by molar-refractivity contribution is 7.98. The average molecular weight is 287 g/mol. The van der Waals surface area contributed by atoms with Crippen molar-refractivity contribution in [3.63, 3.8) is 0 Å². The maximum absolute atomic E-state index is 12.2. The zero-order valence-electron chi connectivity index (χ0n) is 11.5. The van der Waals surface area contributed by atoms with Crippen LogP contribution in [0, 0.1) is 0 Å². The first-order valence-corrected chi connectivity index (χ1v) is 7.60. The van der Waals surface area contributed by atoms with Crippen LogP contribution >= 0.6 is 11.8 Å². The Kier molecular flexibility index (Phi) is 5.01. The van der Waals surface area contributed by atoms with Gasteiger partial charge in [-0.25, -0.2) is 4.98 Å². The molecule has 1 aromatic heterocycles. The van der Waals surface area contributed by atoms with E-state index >= 15 is 0 Å². The highest BCUT2D eigenvalue weighted by Gasteiger charge is 2.07.